The van der Waals surface area contributed by atoms with Crippen LogP contribution in [0, 0.1) is 0 Å². The van der Waals surface area contributed by atoms with Crippen molar-refractivity contribution in [1.29, 1.82) is 0 Å². The van der Waals surface area contributed by atoms with E-state index in [1.165, 1.54) is 0 Å². The van der Waals surface area contributed by atoms with Crippen molar-refractivity contribution < 1.29 is 9.90 Å². The van der Waals surface area contributed by atoms with E-state index >= 15 is 0 Å². The number of benzene rings is 1. The number of aliphatic hydroxyl groups is 1. The summed E-state index contributed by atoms with van der Waals surface area (Å²) in [5, 5.41) is 9.86. The molecule has 0 bridgehead atoms. The van der Waals surface area contributed by atoms with E-state index in [4.69, 9.17) is 23.1 Å². The quantitative estimate of drug-likeness (QED) is 0.681. The fourth-order valence-corrected chi connectivity index (χ4v) is 1.45. The highest BCUT2D eigenvalue weighted by molar-refractivity contribution is 6.31. The summed E-state index contributed by atoms with van der Waals surface area (Å²) in [6.07, 6.45) is -1.04. The third-order valence-electron chi connectivity index (χ3n) is 2.11. The van der Waals surface area contributed by atoms with E-state index in [9.17, 15) is 9.90 Å². The van der Waals surface area contributed by atoms with Gasteiger partial charge in [-0.15, -0.1) is 0 Å². The van der Waals surface area contributed by atoms with Crippen LogP contribution in [-0.4, -0.2) is 23.2 Å². The van der Waals surface area contributed by atoms with Crippen LogP contribution < -0.4 is 11.5 Å². The van der Waals surface area contributed by atoms with Crippen molar-refractivity contribution in [2.75, 3.05) is 0 Å². The first kappa shape index (κ1) is 12.0. The number of hydrogen-bond acceptors (Lipinski definition) is 3. The van der Waals surface area contributed by atoms with E-state index in [1.807, 2.05) is 6.07 Å². The Morgan fingerprint density at radius 2 is 2.07 bits per heavy atom. The number of amides is 1. The zero-order chi connectivity index (χ0) is 11.4. The highest BCUT2D eigenvalue weighted by Gasteiger charge is 2.20. The zero-order valence-corrected chi connectivity index (χ0v) is 8.82. The normalized spacial score (nSPS) is 14.6. The molecule has 0 aromatic heterocycles. The Labute approximate surface area is 92.8 Å². The molecule has 0 aliphatic rings. The Hall–Kier alpha value is -1.10. The molecule has 5 N–H and O–H groups in total. The molecule has 0 heterocycles. The lowest BCUT2D eigenvalue weighted by atomic mass is 10.0. The predicted octanol–water partition coefficient (Wildman–Crippen LogP) is 0.0560. The van der Waals surface area contributed by atoms with Crippen LogP contribution in [0.5, 0.6) is 0 Å². The van der Waals surface area contributed by atoms with E-state index in [1.54, 1.807) is 18.2 Å². The molecule has 15 heavy (non-hydrogen) atoms. The van der Waals surface area contributed by atoms with Crippen LogP contribution in [0.3, 0.4) is 0 Å². The molecule has 0 saturated carbocycles. The predicted molar refractivity (Wildman–Crippen MR) is 58.3 cm³/mol. The molecule has 4 nitrogen and oxygen atoms in total. The second kappa shape index (κ2) is 5.11. The molecule has 0 radical (unpaired) electrons. The molecule has 82 valence electrons. The second-order valence-electron chi connectivity index (χ2n) is 3.31. The van der Waals surface area contributed by atoms with Crippen LogP contribution in [0.2, 0.25) is 5.02 Å². The SMILES string of the molecule is NC(=O)C(O)C(N)Cc1ccccc1Cl. The zero-order valence-electron chi connectivity index (χ0n) is 8.06. The van der Waals surface area contributed by atoms with Crippen molar-refractivity contribution in [1.82, 2.24) is 0 Å². The second-order valence-corrected chi connectivity index (χ2v) is 3.71. The van der Waals surface area contributed by atoms with Crippen molar-refractivity contribution in [3.63, 3.8) is 0 Å². The van der Waals surface area contributed by atoms with Crippen LogP contribution in [0.25, 0.3) is 0 Å². The molecule has 0 fully saturated rings. The van der Waals surface area contributed by atoms with Crippen molar-refractivity contribution in [2.45, 2.75) is 18.6 Å². The molecular weight excluding hydrogens is 216 g/mol. The Morgan fingerprint density at radius 3 is 2.60 bits per heavy atom. The summed E-state index contributed by atoms with van der Waals surface area (Å²) >= 11 is 5.90. The standard InChI is InChI=1S/C10H13ClN2O2/c11-7-4-2-1-3-6(7)5-8(12)9(14)10(13)15/h1-4,8-9,14H,5,12H2,(H2,13,15). The molecular formula is C10H13ClN2O2. The fraction of sp³-hybridized carbons (Fsp3) is 0.300. The smallest absolute Gasteiger partial charge is 0.247 e. The van der Waals surface area contributed by atoms with Crippen LogP contribution in [0.4, 0.5) is 0 Å². The van der Waals surface area contributed by atoms with Crippen molar-refractivity contribution in [3.8, 4) is 0 Å². The van der Waals surface area contributed by atoms with Gasteiger partial charge < -0.3 is 16.6 Å². The van der Waals surface area contributed by atoms with Gasteiger partial charge in [-0.1, -0.05) is 29.8 Å². The van der Waals surface area contributed by atoms with Gasteiger partial charge in [-0.2, -0.15) is 0 Å². The topological polar surface area (TPSA) is 89.3 Å². The van der Waals surface area contributed by atoms with Crippen LogP contribution in [0.1, 0.15) is 5.56 Å². The van der Waals surface area contributed by atoms with Gasteiger partial charge >= 0.3 is 0 Å². The van der Waals surface area contributed by atoms with Gasteiger partial charge in [0.15, 0.2) is 0 Å². The Morgan fingerprint density at radius 1 is 1.47 bits per heavy atom. The number of carbonyl (C=O) groups is 1. The first-order valence-electron chi connectivity index (χ1n) is 4.48. The number of carbonyl (C=O) groups excluding carboxylic acids is 1. The van der Waals surface area contributed by atoms with Crippen molar-refractivity contribution >= 4 is 17.5 Å². The van der Waals surface area contributed by atoms with Gasteiger partial charge in [0.2, 0.25) is 5.91 Å². The minimum atomic E-state index is -1.35. The first-order chi connectivity index (χ1) is 7.02. The third-order valence-corrected chi connectivity index (χ3v) is 2.48. The summed E-state index contributed by atoms with van der Waals surface area (Å²) in [5.74, 6) is -0.824. The highest BCUT2D eigenvalue weighted by Crippen LogP contribution is 2.16. The molecule has 1 rings (SSSR count). The van der Waals surface area contributed by atoms with E-state index in [0.717, 1.165) is 5.56 Å². The van der Waals surface area contributed by atoms with E-state index in [-0.39, 0.29) is 0 Å². The van der Waals surface area contributed by atoms with E-state index in [2.05, 4.69) is 0 Å². The molecule has 1 aromatic carbocycles. The molecule has 0 spiro atoms. The van der Waals surface area contributed by atoms with Crippen molar-refractivity contribution in [3.05, 3.63) is 34.9 Å². The lowest BCUT2D eigenvalue weighted by molar-refractivity contribution is -0.126. The van der Waals surface area contributed by atoms with Gasteiger partial charge in [-0.3, -0.25) is 4.79 Å². The summed E-state index contributed by atoms with van der Waals surface area (Å²) in [6.45, 7) is 0. The largest absolute Gasteiger partial charge is 0.382 e. The van der Waals surface area contributed by atoms with Gasteiger partial charge in [0.1, 0.15) is 6.10 Å². The first-order valence-corrected chi connectivity index (χ1v) is 4.86. The molecule has 5 heteroatoms. The molecule has 1 aromatic rings. The van der Waals surface area contributed by atoms with Crippen molar-refractivity contribution in [2.24, 2.45) is 11.5 Å². The molecule has 2 atom stereocenters. The highest BCUT2D eigenvalue weighted by atomic mass is 35.5. The maximum atomic E-state index is 10.7. The number of aliphatic hydroxyl groups excluding tert-OH is 1. The molecule has 0 aliphatic heterocycles. The van der Waals surface area contributed by atoms with Gasteiger partial charge in [0.05, 0.1) is 0 Å². The summed E-state index contributed by atoms with van der Waals surface area (Å²) in [4.78, 5) is 10.7. The summed E-state index contributed by atoms with van der Waals surface area (Å²) in [6, 6.07) is 6.38. The summed E-state index contributed by atoms with van der Waals surface area (Å²) in [5.41, 5.74) is 11.3. The minimum absolute atomic E-state index is 0.309. The Kier molecular flexibility index (Phi) is 4.08. The van der Waals surface area contributed by atoms with Gasteiger partial charge in [0.25, 0.3) is 0 Å². The summed E-state index contributed by atoms with van der Waals surface area (Å²) in [7, 11) is 0. The molecule has 2 unspecified atom stereocenters. The Balaban J connectivity index is 2.70. The van der Waals surface area contributed by atoms with Crippen LogP contribution in [0.15, 0.2) is 24.3 Å². The van der Waals surface area contributed by atoms with Crippen LogP contribution >= 0.6 is 11.6 Å². The molecule has 1 amide bonds. The maximum Gasteiger partial charge on any atom is 0.247 e. The average Bonchev–Trinajstić information content (AvgIpc) is 2.20. The van der Waals surface area contributed by atoms with E-state index < -0.39 is 18.1 Å². The average molecular weight is 229 g/mol. The molecule has 0 saturated heterocycles. The number of rotatable bonds is 4. The van der Waals surface area contributed by atoms with Gasteiger partial charge in [-0.05, 0) is 18.1 Å². The van der Waals surface area contributed by atoms with Crippen LogP contribution in [-0.2, 0) is 11.2 Å². The number of halogens is 1. The summed E-state index contributed by atoms with van der Waals surface area (Å²) < 4.78 is 0. The minimum Gasteiger partial charge on any atom is -0.382 e. The number of primary amides is 1. The lowest BCUT2D eigenvalue weighted by Crippen LogP contribution is -2.45. The Bertz CT molecular complexity index is 357. The number of nitrogens with two attached hydrogens (primary N) is 2. The third kappa shape index (κ3) is 3.20. The molecule has 0 aliphatic carbocycles. The van der Waals surface area contributed by atoms with Gasteiger partial charge in [0, 0.05) is 11.1 Å². The maximum absolute atomic E-state index is 10.7. The fourth-order valence-electron chi connectivity index (χ4n) is 1.24. The lowest BCUT2D eigenvalue weighted by Gasteiger charge is -2.16. The van der Waals surface area contributed by atoms with E-state index in [0.29, 0.717) is 11.4 Å². The monoisotopic (exact) mass is 228 g/mol. The number of hydrogen-bond donors (Lipinski definition) is 3. The van der Waals surface area contributed by atoms with Gasteiger partial charge in [-0.25, -0.2) is 0 Å².